The molecule has 144 valence electrons. The number of hydrogen-bond donors (Lipinski definition) is 2. The van der Waals surface area contributed by atoms with Gasteiger partial charge < -0.3 is 10.3 Å². The molecular formula is C20H22N6O2. The van der Waals surface area contributed by atoms with Crippen LogP contribution in [0.5, 0.6) is 0 Å². The Kier molecular flexibility index (Phi) is 4.77. The largest absolute Gasteiger partial charge is 0.349 e. The molecule has 0 unspecified atom stereocenters. The lowest BCUT2D eigenvalue weighted by Gasteiger charge is -2.24. The second-order valence-electron chi connectivity index (χ2n) is 7.05. The topological polar surface area (TPSA) is 106 Å². The number of pyridine rings is 1. The number of H-pyrrole nitrogens is 1. The summed E-state index contributed by atoms with van der Waals surface area (Å²) < 4.78 is 1.84. The van der Waals surface area contributed by atoms with Gasteiger partial charge in [0.15, 0.2) is 5.82 Å². The average Bonchev–Trinajstić information content (AvgIpc) is 3.10. The van der Waals surface area contributed by atoms with Gasteiger partial charge in [0.2, 0.25) is 5.91 Å². The molecule has 1 aliphatic rings. The molecule has 2 N–H and O–H groups in total. The van der Waals surface area contributed by atoms with Crippen LogP contribution in [0.1, 0.15) is 47.2 Å². The van der Waals surface area contributed by atoms with Crippen LogP contribution in [0.3, 0.4) is 0 Å². The van der Waals surface area contributed by atoms with E-state index >= 15 is 0 Å². The first-order valence-corrected chi connectivity index (χ1v) is 9.37. The van der Waals surface area contributed by atoms with Gasteiger partial charge in [0.25, 0.3) is 5.56 Å². The molecule has 0 aromatic carbocycles. The number of carbonyl (C=O) groups excluding carboxylic acids is 1. The SMILES string of the molecule is Cc1nc(C)c(CC(=O)N[C@H]2CCCc3c2cnn3-c2ccccn2)c(=O)[nH]1. The number of nitrogens with zero attached hydrogens (tertiary/aromatic N) is 4. The van der Waals surface area contributed by atoms with Crippen LogP contribution in [0, 0.1) is 13.8 Å². The Labute approximate surface area is 162 Å². The second kappa shape index (κ2) is 7.38. The smallest absolute Gasteiger partial charge is 0.254 e. The molecule has 1 amide bonds. The van der Waals surface area contributed by atoms with Crippen molar-refractivity contribution in [1.29, 1.82) is 0 Å². The van der Waals surface area contributed by atoms with Gasteiger partial charge in [-0.05, 0) is 45.2 Å². The van der Waals surface area contributed by atoms with Crippen LogP contribution in [-0.2, 0) is 17.6 Å². The van der Waals surface area contributed by atoms with Crippen LogP contribution >= 0.6 is 0 Å². The minimum Gasteiger partial charge on any atom is -0.349 e. The Morgan fingerprint density at radius 2 is 2.21 bits per heavy atom. The van der Waals surface area contributed by atoms with Crippen molar-refractivity contribution in [2.75, 3.05) is 0 Å². The lowest BCUT2D eigenvalue weighted by atomic mass is 9.92. The summed E-state index contributed by atoms with van der Waals surface area (Å²) in [7, 11) is 0. The van der Waals surface area contributed by atoms with Crippen LogP contribution in [0.15, 0.2) is 35.4 Å². The predicted molar refractivity (Wildman–Crippen MR) is 103 cm³/mol. The number of amides is 1. The molecule has 1 aliphatic carbocycles. The molecule has 3 heterocycles. The predicted octanol–water partition coefficient (Wildman–Crippen LogP) is 1.70. The first kappa shape index (κ1) is 18.1. The molecule has 0 saturated heterocycles. The van der Waals surface area contributed by atoms with E-state index in [9.17, 15) is 9.59 Å². The molecule has 8 nitrogen and oxygen atoms in total. The van der Waals surface area contributed by atoms with Crippen molar-refractivity contribution in [2.24, 2.45) is 0 Å². The second-order valence-corrected chi connectivity index (χ2v) is 7.05. The summed E-state index contributed by atoms with van der Waals surface area (Å²) in [6.07, 6.45) is 6.23. The van der Waals surface area contributed by atoms with Crippen LogP contribution in [0.2, 0.25) is 0 Å². The molecule has 0 fully saturated rings. The zero-order valence-corrected chi connectivity index (χ0v) is 15.9. The molecule has 8 heteroatoms. The maximum atomic E-state index is 12.6. The summed E-state index contributed by atoms with van der Waals surface area (Å²) >= 11 is 0. The highest BCUT2D eigenvalue weighted by molar-refractivity contribution is 5.79. The fraction of sp³-hybridized carbons (Fsp3) is 0.350. The van der Waals surface area contributed by atoms with Gasteiger partial charge in [0.05, 0.1) is 24.4 Å². The van der Waals surface area contributed by atoms with Crippen molar-refractivity contribution < 1.29 is 4.79 Å². The van der Waals surface area contributed by atoms with Crippen molar-refractivity contribution >= 4 is 5.91 Å². The van der Waals surface area contributed by atoms with Crippen LogP contribution in [0.25, 0.3) is 5.82 Å². The number of carbonyl (C=O) groups is 1. The van der Waals surface area contributed by atoms with Gasteiger partial charge in [-0.3, -0.25) is 9.59 Å². The number of hydrogen-bond acceptors (Lipinski definition) is 5. The molecule has 1 atom stereocenters. The highest BCUT2D eigenvalue weighted by Gasteiger charge is 2.26. The van der Waals surface area contributed by atoms with Gasteiger partial charge in [0, 0.05) is 23.0 Å². The fourth-order valence-corrected chi connectivity index (χ4v) is 3.75. The summed E-state index contributed by atoms with van der Waals surface area (Å²) in [5, 5.41) is 7.55. The average molecular weight is 378 g/mol. The first-order valence-electron chi connectivity index (χ1n) is 9.37. The molecule has 3 aromatic heterocycles. The molecule has 3 aromatic rings. The molecule has 28 heavy (non-hydrogen) atoms. The lowest BCUT2D eigenvalue weighted by molar-refractivity contribution is -0.121. The van der Waals surface area contributed by atoms with Gasteiger partial charge in [-0.15, -0.1) is 0 Å². The van der Waals surface area contributed by atoms with E-state index in [0.29, 0.717) is 17.1 Å². The zero-order valence-electron chi connectivity index (χ0n) is 15.9. The molecule has 0 saturated carbocycles. The normalized spacial score (nSPS) is 15.9. The standard InChI is InChI=1S/C20H22N6O2/c1-12-14(20(28)24-13(2)23-12)10-19(27)25-16-6-5-7-17-15(16)11-22-26(17)18-8-3-4-9-21-18/h3-4,8-9,11,16H,5-7,10H2,1-2H3,(H,25,27)(H,23,24,28)/t16-/m0/s1. The molecule has 0 aliphatic heterocycles. The Morgan fingerprint density at radius 3 is 2.96 bits per heavy atom. The van der Waals surface area contributed by atoms with Crippen molar-refractivity contribution in [3.63, 3.8) is 0 Å². The Morgan fingerprint density at radius 1 is 1.36 bits per heavy atom. The van der Waals surface area contributed by atoms with Gasteiger partial charge >= 0.3 is 0 Å². The molecule has 0 spiro atoms. The molecule has 0 radical (unpaired) electrons. The highest BCUT2D eigenvalue weighted by Crippen LogP contribution is 2.30. The highest BCUT2D eigenvalue weighted by atomic mass is 16.2. The zero-order chi connectivity index (χ0) is 19.7. The maximum Gasteiger partial charge on any atom is 0.254 e. The summed E-state index contributed by atoms with van der Waals surface area (Å²) in [5.41, 5.74) is 2.82. The third-order valence-electron chi connectivity index (χ3n) is 5.06. The summed E-state index contributed by atoms with van der Waals surface area (Å²) in [6.45, 7) is 3.47. The van der Waals surface area contributed by atoms with E-state index in [1.54, 1.807) is 26.2 Å². The van der Waals surface area contributed by atoms with Gasteiger partial charge in [-0.2, -0.15) is 5.10 Å². The third-order valence-corrected chi connectivity index (χ3v) is 5.06. The minimum atomic E-state index is -0.257. The Balaban J connectivity index is 1.54. The van der Waals surface area contributed by atoms with Gasteiger partial charge in [-0.1, -0.05) is 6.07 Å². The third kappa shape index (κ3) is 3.45. The van der Waals surface area contributed by atoms with Crippen LogP contribution < -0.4 is 10.9 Å². The van der Waals surface area contributed by atoms with Crippen molar-refractivity contribution in [1.82, 2.24) is 30.0 Å². The monoisotopic (exact) mass is 378 g/mol. The van der Waals surface area contributed by atoms with E-state index in [1.807, 2.05) is 22.9 Å². The lowest BCUT2D eigenvalue weighted by Crippen LogP contribution is -2.34. The van der Waals surface area contributed by atoms with E-state index in [0.717, 1.165) is 36.3 Å². The number of fused-ring (bicyclic) bond motifs is 1. The van der Waals surface area contributed by atoms with E-state index in [4.69, 9.17) is 0 Å². The van der Waals surface area contributed by atoms with Crippen molar-refractivity contribution in [3.8, 4) is 5.82 Å². The van der Waals surface area contributed by atoms with E-state index < -0.39 is 0 Å². The van der Waals surface area contributed by atoms with Crippen molar-refractivity contribution in [3.05, 3.63) is 69.3 Å². The summed E-state index contributed by atoms with van der Waals surface area (Å²) in [4.78, 5) is 36.1. The quantitative estimate of drug-likeness (QED) is 0.719. The Bertz CT molecular complexity index is 1070. The number of nitrogens with one attached hydrogen (secondary N) is 2. The van der Waals surface area contributed by atoms with Crippen molar-refractivity contribution in [2.45, 2.75) is 45.6 Å². The number of aryl methyl sites for hydroxylation is 2. The molecule has 0 bridgehead atoms. The van der Waals surface area contributed by atoms with Crippen LogP contribution in [-0.4, -0.2) is 30.6 Å². The molecule has 4 rings (SSSR count). The van der Waals surface area contributed by atoms with Gasteiger partial charge in [-0.25, -0.2) is 14.6 Å². The number of rotatable bonds is 4. The number of aromatic amines is 1. The molecular weight excluding hydrogens is 356 g/mol. The van der Waals surface area contributed by atoms with Gasteiger partial charge in [0.1, 0.15) is 5.82 Å². The number of aromatic nitrogens is 5. The van der Waals surface area contributed by atoms with E-state index in [2.05, 4.69) is 25.4 Å². The fourth-order valence-electron chi connectivity index (χ4n) is 3.75. The maximum absolute atomic E-state index is 12.6. The summed E-state index contributed by atoms with van der Waals surface area (Å²) in [6, 6.07) is 5.58. The van der Waals surface area contributed by atoms with E-state index in [-0.39, 0.29) is 23.9 Å². The van der Waals surface area contributed by atoms with E-state index in [1.165, 1.54) is 0 Å². The van der Waals surface area contributed by atoms with Crippen LogP contribution in [0.4, 0.5) is 0 Å². The summed E-state index contributed by atoms with van der Waals surface area (Å²) in [5.74, 6) is 1.12. The minimum absolute atomic E-state index is 0.00859. The first-order chi connectivity index (χ1) is 13.5. The Hall–Kier alpha value is -3.29.